The molecule has 1 saturated heterocycles. The van der Waals surface area contributed by atoms with Gasteiger partial charge < -0.3 is 4.74 Å². The van der Waals surface area contributed by atoms with Crippen LogP contribution >= 0.6 is 11.8 Å². The standard InChI is InChI=1S/C16H22N4OS/c1-12-8-20(9-13(2)21-12)10-14-4-6-15(7-5-14)19-16(22-3)18-11-17/h4-7,12-13H,8-10H2,1-3H3,(H,18,19). The number of hydrogen-bond acceptors (Lipinski definition) is 5. The van der Waals surface area contributed by atoms with Crippen LogP contribution in [0.1, 0.15) is 19.4 Å². The monoisotopic (exact) mass is 318 g/mol. The van der Waals surface area contributed by atoms with E-state index >= 15 is 0 Å². The molecule has 6 heteroatoms. The minimum absolute atomic E-state index is 0.286. The Balaban J connectivity index is 1.98. The maximum absolute atomic E-state index is 8.64. The third kappa shape index (κ3) is 5.02. The van der Waals surface area contributed by atoms with Crippen LogP contribution < -0.4 is 5.32 Å². The molecule has 1 aromatic rings. The molecular formula is C16H22N4OS. The lowest BCUT2D eigenvalue weighted by molar-refractivity contribution is -0.0704. The molecule has 2 unspecified atom stereocenters. The van der Waals surface area contributed by atoms with Crippen molar-refractivity contribution in [3.8, 4) is 6.19 Å². The lowest BCUT2D eigenvalue weighted by atomic mass is 10.1. The fourth-order valence-corrected chi connectivity index (χ4v) is 2.98. The summed E-state index contributed by atoms with van der Waals surface area (Å²) < 4.78 is 5.76. The Bertz CT molecular complexity index is 542. The zero-order valence-corrected chi connectivity index (χ0v) is 14.1. The van der Waals surface area contributed by atoms with Gasteiger partial charge in [0.25, 0.3) is 0 Å². The lowest BCUT2D eigenvalue weighted by Gasteiger charge is -2.35. The van der Waals surface area contributed by atoms with Crippen LogP contribution in [0.25, 0.3) is 0 Å². The maximum Gasteiger partial charge on any atom is 0.183 e. The van der Waals surface area contributed by atoms with E-state index < -0.39 is 0 Å². The van der Waals surface area contributed by atoms with Gasteiger partial charge in [-0.1, -0.05) is 23.9 Å². The van der Waals surface area contributed by atoms with Crippen molar-refractivity contribution >= 4 is 22.6 Å². The highest BCUT2D eigenvalue weighted by Crippen LogP contribution is 2.18. The number of morpholine rings is 1. The molecule has 0 amide bonds. The van der Waals surface area contributed by atoms with Gasteiger partial charge in [-0.2, -0.15) is 5.26 Å². The van der Waals surface area contributed by atoms with Crippen molar-refractivity contribution in [1.82, 2.24) is 10.2 Å². The van der Waals surface area contributed by atoms with Crippen molar-refractivity contribution in [2.45, 2.75) is 32.6 Å². The summed E-state index contributed by atoms with van der Waals surface area (Å²) in [4.78, 5) is 6.81. The summed E-state index contributed by atoms with van der Waals surface area (Å²) in [7, 11) is 0. The molecule has 1 aliphatic heterocycles. The summed E-state index contributed by atoms with van der Waals surface area (Å²) in [6.07, 6.45) is 4.35. The molecule has 0 bridgehead atoms. The quantitative estimate of drug-likeness (QED) is 0.402. The van der Waals surface area contributed by atoms with Gasteiger partial charge in [0, 0.05) is 19.6 Å². The number of benzene rings is 1. The molecule has 0 saturated carbocycles. The number of hydrogen-bond donors (Lipinski definition) is 1. The number of ether oxygens (including phenoxy) is 1. The first-order valence-electron chi connectivity index (χ1n) is 7.35. The van der Waals surface area contributed by atoms with E-state index in [1.165, 1.54) is 17.3 Å². The first-order valence-corrected chi connectivity index (χ1v) is 8.57. The first kappa shape index (κ1) is 16.8. The van der Waals surface area contributed by atoms with Crippen LogP contribution in [-0.2, 0) is 11.3 Å². The normalized spacial score (nSPS) is 23.1. The molecule has 5 nitrogen and oxygen atoms in total. The van der Waals surface area contributed by atoms with Crippen molar-refractivity contribution in [2.75, 3.05) is 19.3 Å². The third-order valence-electron chi connectivity index (χ3n) is 3.42. The molecule has 118 valence electrons. The molecule has 0 aromatic heterocycles. The van der Waals surface area contributed by atoms with E-state index in [1.807, 2.05) is 24.6 Å². The Morgan fingerprint density at radius 1 is 1.36 bits per heavy atom. The average Bonchev–Trinajstić information content (AvgIpc) is 2.47. The van der Waals surface area contributed by atoms with E-state index in [0.29, 0.717) is 5.17 Å². The van der Waals surface area contributed by atoms with E-state index in [4.69, 9.17) is 10.00 Å². The summed E-state index contributed by atoms with van der Waals surface area (Å²) in [5.41, 5.74) is 2.11. The number of aliphatic imine (C=N–C) groups is 1. The Morgan fingerprint density at radius 2 is 2.00 bits per heavy atom. The third-order valence-corrected chi connectivity index (χ3v) is 4.00. The summed E-state index contributed by atoms with van der Waals surface area (Å²) in [5.74, 6) is 0. The smallest absolute Gasteiger partial charge is 0.183 e. The Hall–Kier alpha value is -1.55. The fraction of sp³-hybridized carbons (Fsp3) is 0.500. The molecule has 1 aliphatic rings. The van der Waals surface area contributed by atoms with E-state index in [2.05, 4.69) is 41.2 Å². The number of thioether (sulfide) groups is 1. The number of rotatable bonds is 3. The van der Waals surface area contributed by atoms with E-state index in [-0.39, 0.29) is 12.2 Å². The molecule has 0 aliphatic carbocycles. The molecule has 1 aromatic carbocycles. The number of amidine groups is 1. The van der Waals surface area contributed by atoms with Gasteiger partial charge in [-0.25, -0.2) is 4.99 Å². The van der Waals surface area contributed by atoms with Crippen LogP contribution in [0.3, 0.4) is 0 Å². The summed E-state index contributed by atoms with van der Waals surface area (Å²) in [6, 6.07) is 8.15. The second-order valence-corrected chi connectivity index (χ2v) is 6.27. The van der Waals surface area contributed by atoms with Crippen LogP contribution in [0, 0.1) is 11.5 Å². The van der Waals surface area contributed by atoms with Crippen molar-refractivity contribution in [3.63, 3.8) is 0 Å². The van der Waals surface area contributed by atoms with Gasteiger partial charge in [-0.3, -0.25) is 10.2 Å². The molecule has 2 rings (SSSR count). The van der Waals surface area contributed by atoms with Gasteiger partial charge >= 0.3 is 0 Å². The molecule has 2 atom stereocenters. The van der Waals surface area contributed by atoms with Crippen molar-refractivity contribution in [2.24, 2.45) is 4.99 Å². The van der Waals surface area contributed by atoms with Crippen molar-refractivity contribution in [3.05, 3.63) is 29.8 Å². The summed E-state index contributed by atoms with van der Waals surface area (Å²) >= 11 is 1.42. The zero-order chi connectivity index (χ0) is 15.9. The molecule has 0 radical (unpaired) electrons. The van der Waals surface area contributed by atoms with Crippen LogP contribution in [0.15, 0.2) is 29.3 Å². The maximum atomic E-state index is 8.64. The highest BCUT2D eigenvalue weighted by Gasteiger charge is 2.21. The van der Waals surface area contributed by atoms with Crippen LogP contribution in [0.4, 0.5) is 5.69 Å². The van der Waals surface area contributed by atoms with Gasteiger partial charge in [0.15, 0.2) is 11.4 Å². The van der Waals surface area contributed by atoms with Crippen LogP contribution in [0.2, 0.25) is 0 Å². The fourth-order valence-electron chi connectivity index (χ4n) is 2.64. The molecule has 22 heavy (non-hydrogen) atoms. The zero-order valence-electron chi connectivity index (χ0n) is 13.2. The Labute approximate surface area is 136 Å². The molecule has 1 heterocycles. The minimum Gasteiger partial charge on any atom is -0.373 e. The topological polar surface area (TPSA) is 60.6 Å². The number of nitrogens with one attached hydrogen (secondary N) is 1. The van der Waals surface area contributed by atoms with Crippen molar-refractivity contribution < 1.29 is 4.74 Å². The van der Waals surface area contributed by atoms with Gasteiger partial charge in [0.2, 0.25) is 0 Å². The SMILES string of the molecule is CSC(=Nc1ccc(CN2CC(C)OC(C)C2)cc1)NC#N. The van der Waals surface area contributed by atoms with Crippen LogP contribution in [-0.4, -0.2) is 41.6 Å². The van der Waals surface area contributed by atoms with Gasteiger partial charge in [0.05, 0.1) is 17.9 Å². The summed E-state index contributed by atoms with van der Waals surface area (Å²) in [6.45, 7) is 7.09. The summed E-state index contributed by atoms with van der Waals surface area (Å²) in [5, 5.41) is 11.8. The van der Waals surface area contributed by atoms with E-state index in [9.17, 15) is 0 Å². The predicted molar refractivity (Wildman–Crippen MR) is 91.1 cm³/mol. The lowest BCUT2D eigenvalue weighted by Crippen LogP contribution is -2.44. The molecule has 1 N–H and O–H groups in total. The van der Waals surface area contributed by atoms with Gasteiger partial charge in [-0.15, -0.1) is 0 Å². The second-order valence-electron chi connectivity index (χ2n) is 5.48. The minimum atomic E-state index is 0.286. The van der Waals surface area contributed by atoms with Gasteiger partial charge in [-0.05, 0) is 37.8 Å². The van der Waals surface area contributed by atoms with Crippen molar-refractivity contribution in [1.29, 1.82) is 5.26 Å². The highest BCUT2D eigenvalue weighted by molar-refractivity contribution is 8.13. The molecular weight excluding hydrogens is 296 g/mol. The second kappa shape index (κ2) is 8.18. The van der Waals surface area contributed by atoms with Crippen LogP contribution in [0.5, 0.6) is 0 Å². The highest BCUT2D eigenvalue weighted by atomic mass is 32.2. The first-order chi connectivity index (χ1) is 10.6. The largest absolute Gasteiger partial charge is 0.373 e. The molecule has 0 spiro atoms. The molecule has 1 fully saturated rings. The predicted octanol–water partition coefficient (Wildman–Crippen LogP) is 2.72. The Kier molecular flexibility index (Phi) is 6.25. The van der Waals surface area contributed by atoms with Gasteiger partial charge in [0.1, 0.15) is 0 Å². The average molecular weight is 318 g/mol. The Morgan fingerprint density at radius 3 is 2.55 bits per heavy atom. The van der Waals surface area contributed by atoms with E-state index in [0.717, 1.165) is 25.3 Å². The van der Waals surface area contributed by atoms with E-state index in [1.54, 1.807) is 0 Å². The number of nitriles is 1. The number of nitrogens with zero attached hydrogens (tertiary/aromatic N) is 3.